The number of hydrogen-bond acceptors (Lipinski definition) is 1. The van der Waals surface area contributed by atoms with Gasteiger partial charge in [0.25, 0.3) is 0 Å². The standard InChI is InChI=1S/C13H17ClN2/c1-8(2)13-12(14)11-9(6-7-15)4-3-5-10(11)16-13/h3-5,8,16H,6-7,15H2,1-2H3. The summed E-state index contributed by atoms with van der Waals surface area (Å²) < 4.78 is 0. The molecule has 16 heavy (non-hydrogen) atoms. The first-order valence-corrected chi connectivity index (χ1v) is 6.02. The van der Waals surface area contributed by atoms with Crippen LogP contribution in [0.1, 0.15) is 31.0 Å². The minimum Gasteiger partial charge on any atom is -0.357 e. The zero-order chi connectivity index (χ0) is 11.7. The molecule has 0 saturated carbocycles. The van der Waals surface area contributed by atoms with Gasteiger partial charge in [0.05, 0.1) is 5.02 Å². The number of nitrogens with one attached hydrogen (secondary N) is 1. The monoisotopic (exact) mass is 236 g/mol. The average Bonchev–Trinajstić information content (AvgIpc) is 2.58. The average molecular weight is 237 g/mol. The summed E-state index contributed by atoms with van der Waals surface area (Å²) in [7, 11) is 0. The lowest BCUT2D eigenvalue weighted by molar-refractivity contribution is 0.837. The van der Waals surface area contributed by atoms with Gasteiger partial charge >= 0.3 is 0 Å². The van der Waals surface area contributed by atoms with Crippen LogP contribution in [0.3, 0.4) is 0 Å². The maximum absolute atomic E-state index is 6.42. The van der Waals surface area contributed by atoms with Crippen molar-refractivity contribution in [2.24, 2.45) is 5.73 Å². The van der Waals surface area contributed by atoms with Gasteiger partial charge in [0.15, 0.2) is 0 Å². The van der Waals surface area contributed by atoms with Crippen molar-refractivity contribution in [3.05, 3.63) is 34.5 Å². The van der Waals surface area contributed by atoms with Gasteiger partial charge in [-0.1, -0.05) is 37.6 Å². The molecule has 0 bridgehead atoms. The van der Waals surface area contributed by atoms with E-state index in [-0.39, 0.29) is 0 Å². The molecule has 0 radical (unpaired) electrons. The molecule has 0 fully saturated rings. The Kier molecular flexibility index (Phi) is 3.22. The van der Waals surface area contributed by atoms with E-state index >= 15 is 0 Å². The number of halogens is 1. The van der Waals surface area contributed by atoms with Crippen molar-refractivity contribution < 1.29 is 0 Å². The van der Waals surface area contributed by atoms with Gasteiger partial charge in [0.1, 0.15) is 0 Å². The van der Waals surface area contributed by atoms with Crippen molar-refractivity contribution in [1.29, 1.82) is 0 Å². The first-order valence-electron chi connectivity index (χ1n) is 5.64. The Morgan fingerprint density at radius 2 is 2.12 bits per heavy atom. The van der Waals surface area contributed by atoms with Crippen LogP contribution in [0.15, 0.2) is 18.2 Å². The molecule has 3 N–H and O–H groups in total. The lowest BCUT2D eigenvalue weighted by atomic mass is 10.1. The zero-order valence-corrected chi connectivity index (χ0v) is 10.4. The Morgan fingerprint density at radius 3 is 2.75 bits per heavy atom. The summed E-state index contributed by atoms with van der Waals surface area (Å²) >= 11 is 6.42. The second-order valence-corrected chi connectivity index (χ2v) is 4.76. The van der Waals surface area contributed by atoms with Gasteiger partial charge in [-0.3, -0.25) is 0 Å². The highest BCUT2D eigenvalue weighted by Crippen LogP contribution is 2.34. The molecule has 0 unspecified atom stereocenters. The van der Waals surface area contributed by atoms with Crippen LogP contribution in [0.25, 0.3) is 10.9 Å². The third kappa shape index (κ3) is 1.83. The summed E-state index contributed by atoms with van der Waals surface area (Å²) in [6.07, 6.45) is 0.868. The number of rotatable bonds is 3. The Hall–Kier alpha value is -0.990. The van der Waals surface area contributed by atoms with Crippen molar-refractivity contribution in [2.75, 3.05) is 6.54 Å². The summed E-state index contributed by atoms with van der Waals surface area (Å²) in [4.78, 5) is 3.39. The van der Waals surface area contributed by atoms with E-state index in [0.29, 0.717) is 12.5 Å². The van der Waals surface area contributed by atoms with Crippen LogP contribution in [0, 0.1) is 0 Å². The lowest BCUT2D eigenvalue weighted by Gasteiger charge is -2.03. The molecule has 0 aliphatic heterocycles. The van der Waals surface area contributed by atoms with Crippen molar-refractivity contribution >= 4 is 22.5 Å². The molecule has 0 aliphatic rings. The summed E-state index contributed by atoms with van der Waals surface area (Å²) in [5.74, 6) is 0.408. The quantitative estimate of drug-likeness (QED) is 0.842. The van der Waals surface area contributed by atoms with Gasteiger partial charge < -0.3 is 10.7 Å². The fourth-order valence-corrected chi connectivity index (χ4v) is 2.55. The molecule has 2 rings (SSSR count). The maximum atomic E-state index is 6.42. The number of H-pyrrole nitrogens is 1. The largest absolute Gasteiger partial charge is 0.357 e. The third-order valence-electron chi connectivity index (χ3n) is 2.87. The Morgan fingerprint density at radius 1 is 1.38 bits per heavy atom. The highest BCUT2D eigenvalue weighted by atomic mass is 35.5. The topological polar surface area (TPSA) is 41.8 Å². The Labute approximate surface area is 101 Å². The minimum absolute atomic E-state index is 0.408. The number of hydrogen-bond donors (Lipinski definition) is 2. The molecule has 0 spiro atoms. The second kappa shape index (κ2) is 4.48. The molecule has 0 amide bonds. The molecular formula is C13H17ClN2. The van der Waals surface area contributed by atoms with Gasteiger partial charge in [-0.25, -0.2) is 0 Å². The van der Waals surface area contributed by atoms with Crippen molar-refractivity contribution in [3.63, 3.8) is 0 Å². The van der Waals surface area contributed by atoms with Crippen LogP contribution in [0.4, 0.5) is 0 Å². The Balaban J connectivity index is 2.67. The fraction of sp³-hybridized carbons (Fsp3) is 0.385. The zero-order valence-electron chi connectivity index (χ0n) is 9.68. The van der Waals surface area contributed by atoms with Crippen LogP contribution in [0.5, 0.6) is 0 Å². The second-order valence-electron chi connectivity index (χ2n) is 4.39. The normalized spacial score (nSPS) is 11.6. The van der Waals surface area contributed by atoms with Crippen LogP contribution in [-0.2, 0) is 6.42 Å². The first-order chi connectivity index (χ1) is 7.65. The van der Waals surface area contributed by atoms with E-state index in [1.807, 2.05) is 6.07 Å². The molecule has 0 saturated heterocycles. The predicted molar refractivity (Wildman–Crippen MR) is 70.2 cm³/mol. The van der Waals surface area contributed by atoms with Crippen molar-refractivity contribution in [2.45, 2.75) is 26.2 Å². The molecule has 86 valence electrons. The molecule has 1 heterocycles. The van der Waals surface area contributed by atoms with E-state index in [1.165, 1.54) is 5.56 Å². The summed E-state index contributed by atoms with van der Waals surface area (Å²) in [5.41, 5.74) is 9.07. The van der Waals surface area contributed by atoms with Crippen molar-refractivity contribution in [3.8, 4) is 0 Å². The van der Waals surface area contributed by atoms with Crippen LogP contribution >= 0.6 is 11.6 Å². The van der Waals surface area contributed by atoms with E-state index < -0.39 is 0 Å². The molecular weight excluding hydrogens is 220 g/mol. The molecule has 1 aromatic heterocycles. The van der Waals surface area contributed by atoms with Crippen LogP contribution in [-0.4, -0.2) is 11.5 Å². The molecule has 0 aliphatic carbocycles. The van der Waals surface area contributed by atoms with Gasteiger partial charge in [-0.15, -0.1) is 0 Å². The predicted octanol–water partition coefficient (Wildman–Crippen LogP) is 3.45. The summed E-state index contributed by atoms with van der Waals surface area (Å²) in [6.45, 7) is 4.93. The van der Waals surface area contributed by atoms with E-state index in [0.717, 1.165) is 28.0 Å². The van der Waals surface area contributed by atoms with Gasteiger partial charge in [-0.2, -0.15) is 0 Å². The SMILES string of the molecule is CC(C)c1[nH]c2cccc(CCN)c2c1Cl. The van der Waals surface area contributed by atoms with Gasteiger partial charge in [0.2, 0.25) is 0 Å². The number of fused-ring (bicyclic) bond motifs is 1. The number of aromatic nitrogens is 1. The lowest BCUT2D eigenvalue weighted by Crippen LogP contribution is -2.02. The number of aromatic amines is 1. The van der Waals surface area contributed by atoms with Gasteiger partial charge in [0, 0.05) is 16.6 Å². The highest BCUT2D eigenvalue weighted by molar-refractivity contribution is 6.36. The van der Waals surface area contributed by atoms with E-state index in [9.17, 15) is 0 Å². The summed E-state index contributed by atoms with van der Waals surface area (Å²) in [6, 6.07) is 6.20. The fourth-order valence-electron chi connectivity index (χ4n) is 2.06. The van der Waals surface area contributed by atoms with Crippen molar-refractivity contribution in [1.82, 2.24) is 4.98 Å². The van der Waals surface area contributed by atoms with Crippen LogP contribution < -0.4 is 5.73 Å². The molecule has 2 aromatic rings. The number of nitrogens with two attached hydrogens (primary N) is 1. The molecule has 2 nitrogen and oxygen atoms in total. The highest BCUT2D eigenvalue weighted by Gasteiger charge is 2.14. The van der Waals surface area contributed by atoms with Gasteiger partial charge in [-0.05, 0) is 30.5 Å². The Bertz CT molecular complexity index is 500. The molecule has 0 atom stereocenters. The summed E-state index contributed by atoms with van der Waals surface area (Å²) in [5, 5.41) is 1.99. The smallest absolute Gasteiger partial charge is 0.0697 e. The van der Waals surface area contributed by atoms with E-state index in [4.69, 9.17) is 17.3 Å². The van der Waals surface area contributed by atoms with E-state index in [2.05, 4.69) is 31.0 Å². The molecule has 3 heteroatoms. The minimum atomic E-state index is 0.408. The van der Waals surface area contributed by atoms with Crippen LogP contribution in [0.2, 0.25) is 5.02 Å². The molecule has 1 aromatic carbocycles. The third-order valence-corrected chi connectivity index (χ3v) is 3.26. The maximum Gasteiger partial charge on any atom is 0.0697 e. The first kappa shape index (κ1) is 11.5. The number of benzene rings is 1. The van der Waals surface area contributed by atoms with E-state index in [1.54, 1.807) is 0 Å².